The summed E-state index contributed by atoms with van der Waals surface area (Å²) in [5.41, 5.74) is 0.876. The fourth-order valence-corrected chi connectivity index (χ4v) is 3.17. The van der Waals surface area contributed by atoms with E-state index < -0.39 is 6.10 Å². The minimum atomic E-state index is -0.445. The maximum atomic E-state index is 10.1. The summed E-state index contributed by atoms with van der Waals surface area (Å²) < 4.78 is 6.92. The molecule has 1 aliphatic heterocycles. The number of rotatable bonds is 1. The highest BCUT2D eigenvalue weighted by atomic mass is 79.9. The quantitative estimate of drug-likeness (QED) is 0.860. The minimum absolute atomic E-state index is 0.0354. The van der Waals surface area contributed by atoms with Crippen molar-refractivity contribution in [3.63, 3.8) is 0 Å². The van der Waals surface area contributed by atoms with Gasteiger partial charge in [0.25, 0.3) is 0 Å². The number of benzene rings is 1. The second kappa shape index (κ2) is 4.44. The van der Waals surface area contributed by atoms with E-state index in [2.05, 4.69) is 15.9 Å². The molecule has 2 unspecified atom stereocenters. The summed E-state index contributed by atoms with van der Waals surface area (Å²) in [5.74, 6) is 0.775. The first-order chi connectivity index (χ1) is 8.24. The van der Waals surface area contributed by atoms with E-state index in [1.165, 1.54) is 0 Å². The average Bonchev–Trinajstić information content (AvgIpc) is 2.81. The number of aliphatic hydroxyl groups is 1. The topological polar surface area (TPSA) is 29.5 Å². The van der Waals surface area contributed by atoms with Gasteiger partial charge in [-0.15, -0.1) is 11.3 Å². The Morgan fingerprint density at radius 2 is 2.24 bits per heavy atom. The third-order valence-electron chi connectivity index (χ3n) is 2.90. The van der Waals surface area contributed by atoms with Crippen LogP contribution in [0.2, 0.25) is 0 Å². The van der Waals surface area contributed by atoms with Gasteiger partial charge in [-0.2, -0.15) is 0 Å². The second-order valence-electron chi connectivity index (χ2n) is 4.06. The summed E-state index contributed by atoms with van der Waals surface area (Å²) in [6, 6.07) is 9.81. The molecule has 1 aromatic carbocycles. The third-order valence-corrected chi connectivity index (χ3v) is 4.36. The van der Waals surface area contributed by atoms with E-state index in [1.54, 1.807) is 11.3 Å². The summed E-state index contributed by atoms with van der Waals surface area (Å²) in [4.78, 5) is 1.16. The van der Waals surface area contributed by atoms with Crippen LogP contribution >= 0.6 is 27.3 Å². The summed E-state index contributed by atoms with van der Waals surface area (Å²) in [6.07, 6.45) is 0.139. The molecule has 1 aromatic heterocycles. The smallest absolute Gasteiger partial charge is 0.136 e. The third kappa shape index (κ3) is 2.12. The van der Waals surface area contributed by atoms with Gasteiger partial charge in [0.15, 0.2) is 0 Å². The molecule has 1 N–H and O–H groups in total. The van der Waals surface area contributed by atoms with Crippen molar-refractivity contribution in [2.24, 2.45) is 0 Å². The molecule has 88 valence electrons. The molecule has 0 spiro atoms. The van der Waals surface area contributed by atoms with Crippen molar-refractivity contribution < 1.29 is 9.84 Å². The van der Waals surface area contributed by atoms with Crippen LogP contribution in [0.1, 0.15) is 29.1 Å². The van der Waals surface area contributed by atoms with Gasteiger partial charge < -0.3 is 9.84 Å². The average molecular weight is 311 g/mol. The summed E-state index contributed by atoms with van der Waals surface area (Å²) in [6.45, 7) is 0. The van der Waals surface area contributed by atoms with E-state index >= 15 is 0 Å². The number of hydrogen-bond donors (Lipinski definition) is 1. The Morgan fingerprint density at radius 3 is 3.00 bits per heavy atom. The molecule has 2 aromatic rings. The Labute approximate surface area is 112 Å². The molecule has 0 radical (unpaired) electrons. The fourth-order valence-electron chi connectivity index (χ4n) is 2.07. The van der Waals surface area contributed by atoms with E-state index in [0.717, 1.165) is 20.7 Å². The highest BCUT2D eigenvalue weighted by Crippen LogP contribution is 2.42. The highest BCUT2D eigenvalue weighted by Gasteiger charge is 2.28. The maximum Gasteiger partial charge on any atom is 0.136 e. The highest BCUT2D eigenvalue weighted by molar-refractivity contribution is 9.10. The first-order valence-electron chi connectivity index (χ1n) is 5.41. The van der Waals surface area contributed by atoms with Crippen molar-refractivity contribution in [2.75, 3.05) is 0 Å². The summed E-state index contributed by atoms with van der Waals surface area (Å²) in [7, 11) is 0. The minimum Gasteiger partial charge on any atom is -0.484 e. The zero-order valence-electron chi connectivity index (χ0n) is 8.97. The monoisotopic (exact) mass is 310 g/mol. The number of hydrogen-bond acceptors (Lipinski definition) is 3. The molecule has 4 heteroatoms. The van der Waals surface area contributed by atoms with Gasteiger partial charge in [0.2, 0.25) is 0 Å². The van der Waals surface area contributed by atoms with Crippen LogP contribution in [-0.4, -0.2) is 5.11 Å². The second-order valence-corrected chi connectivity index (χ2v) is 5.95. The van der Waals surface area contributed by atoms with E-state index in [1.807, 2.05) is 35.7 Å². The number of halogens is 1. The molecule has 3 rings (SSSR count). The molecule has 2 atom stereocenters. The maximum absolute atomic E-state index is 10.1. The Bertz CT molecular complexity index is 524. The van der Waals surface area contributed by atoms with Crippen LogP contribution in [-0.2, 0) is 0 Å². The lowest BCUT2D eigenvalue weighted by Crippen LogP contribution is -2.18. The Hall–Kier alpha value is -0.840. The molecule has 1 aliphatic rings. The summed E-state index contributed by atoms with van der Waals surface area (Å²) >= 11 is 5.08. The van der Waals surface area contributed by atoms with Crippen LogP contribution < -0.4 is 4.74 Å². The van der Waals surface area contributed by atoms with Gasteiger partial charge in [0, 0.05) is 21.3 Å². The van der Waals surface area contributed by atoms with Crippen molar-refractivity contribution in [3.8, 4) is 5.75 Å². The first kappa shape index (κ1) is 11.3. The van der Waals surface area contributed by atoms with E-state index in [0.29, 0.717) is 6.42 Å². The molecule has 0 amide bonds. The predicted octanol–water partition coefficient (Wildman–Crippen LogP) is 4.07. The molecular formula is C13H11BrO2S. The SMILES string of the molecule is OC1CC(c2cccs2)Oc2cc(Br)ccc21. The lowest BCUT2D eigenvalue weighted by molar-refractivity contribution is 0.0674. The van der Waals surface area contributed by atoms with Crippen molar-refractivity contribution in [1.29, 1.82) is 0 Å². The van der Waals surface area contributed by atoms with Gasteiger partial charge in [-0.05, 0) is 23.6 Å². The molecule has 2 heterocycles. The molecule has 0 fully saturated rings. The van der Waals surface area contributed by atoms with Crippen molar-refractivity contribution in [3.05, 3.63) is 50.6 Å². The molecule has 2 nitrogen and oxygen atoms in total. The number of ether oxygens (including phenoxy) is 1. The number of thiophene rings is 1. The van der Waals surface area contributed by atoms with Crippen LogP contribution in [0, 0.1) is 0 Å². The molecule has 0 bridgehead atoms. The Morgan fingerprint density at radius 1 is 1.35 bits per heavy atom. The molecule has 0 saturated heterocycles. The van der Waals surface area contributed by atoms with Crippen LogP contribution in [0.5, 0.6) is 5.75 Å². The van der Waals surface area contributed by atoms with Crippen LogP contribution in [0.25, 0.3) is 0 Å². The normalized spacial score (nSPS) is 22.9. The van der Waals surface area contributed by atoms with Gasteiger partial charge >= 0.3 is 0 Å². The first-order valence-corrected chi connectivity index (χ1v) is 7.09. The zero-order valence-corrected chi connectivity index (χ0v) is 11.4. The standard InChI is InChI=1S/C13H11BrO2S/c14-8-3-4-9-10(15)7-12(16-11(9)6-8)13-2-1-5-17-13/h1-6,10,12,15H,7H2. The van der Waals surface area contributed by atoms with Crippen molar-refractivity contribution in [1.82, 2.24) is 0 Å². The lowest BCUT2D eigenvalue weighted by Gasteiger charge is -2.29. The van der Waals surface area contributed by atoms with Crippen molar-refractivity contribution in [2.45, 2.75) is 18.6 Å². The number of fused-ring (bicyclic) bond motifs is 1. The van der Waals surface area contributed by atoms with Crippen LogP contribution in [0.3, 0.4) is 0 Å². The van der Waals surface area contributed by atoms with Gasteiger partial charge in [0.1, 0.15) is 11.9 Å². The predicted molar refractivity (Wildman–Crippen MR) is 71.4 cm³/mol. The lowest BCUT2D eigenvalue weighted by atomic mass is 9.98. The van der Waals surface area contributed by atoms with Crippen molar-refractivity contribution >= 4 is 27.3 Å². The molecular weight excluding hydrogens is 300 g/mol. The zero-order chi connectivity index (χ0) is 11.8. The Balaban J connectivity index is 1.97. The molecule has 0 aliphatic carbocycles. The molecule has 0 saturated carbocycles. The number of aliphatic hydroxyl groups excluding tert-OH is 1. The fraction of sp³-hybridized carbons (Fsp3) is 0.231. The van der Waals surface area contributed by atoms with E-state index in [-0.39, 0.29) is 6.10 Å². The van der Waals surface area contributed by atoms with Crippen LogP contribution in [0.4, 0.5) is 0 Å². The largest absolute Gasteiger partial charge is 0.484 e. The Kier molecular flexibility index (Phi) is 2.94. The molecule has 17 heavy (non-hydrogen) atoms. The van der Waals surface area contributed by atoms with Gasteiger partial charge in [-0.1, -0.05) is 28.1 Å². The van der Waals surface area contributed by atoms with E-state index in [9.17, 15) is 5.11 Å². The van der Waals surface area contributed by atoms with Gasteiger partial charge in [-0.25, -0.2) is 0 Å². The van der Waals surface area contributed by atoms with Gasteiger partial charge in [0.05, 0.1) is 6.10 Å². The van der Waals surface area contributed by atoms with E-state index in [4.69, 9.17) is 4.74 Å². The summed E-state index contributed by atoms with van der Waals surface area (Å²) in [5, 5.41) is 12.2. The van der Waals surface area contributed by atoms with Gasteiger partial charge in [-0.3, -0.25) is 0 Å². The van der Waals surface area contributed by atoms with Crippen LogP contribution in [0.15, 0.2) is 40.2 Å².